The lowest BCUT2D eigenvalue weighted by molar-refractivity contribution is -0.118. The lowest BCUT2D eigenvalue weighted by Gasteiger charge is -2.16. The predicted molar refractivity (Wildman–Crippen MR) is 95.9 cm³/mol. The van der Waals surface area contributed by atoms with E-state index in [2.05, 4.69) is 19.2 Å². The Balaban J connectivity index is 2.06. The van der Waals surface area contributed by atoms with Crippen LogP contribution in [-0.4, -0.2) is 12.5 Å². The zero-order chi connectivity index (χ0) is 17.0. The molecule has 0 unspecified atom stereocenters. The van der Waals surface area contributed by atoms with E-state index in [-0.39, 0.29) is 12.5 Å². The molecule has 0 fully saturated rings. The van der Waals surface area contributed by atoms with E-state index in [1.807, 2.05) is 25.1 Å². The van der Waals surface area contributed by atoms with Crippen molar-refractivity contribution in [2.45, 2.75) is 26.7 Å². The number of hydrogen-bond acceptors (Lipinski definition) is 2. The summed E-state index contributed by atoms with van der Waals surface area (Å²) in [4.78, 5) is 12.2. The van der Waals surface area contributed by atoms with Gasteiger partial charge in [-0.25, -0.2) is 0 Å². The predicted octanol–water partition coefficient (Wildman–Crippen LogP) is 5.44. The van der Waals surface area contributed by atoms with E-state index in [4.69, 9.17) is 27.9 Å². The van der Waals surface area contributed by atoms with E-state index >= 15 is 0 Å². The van der Waals surface area contributed by atoms with Crippen molar-refractivity contribution < 1.29 is 9.53 Å². The van der Waals surface area contributed by atoms with Gasteiger partial charge < -0.3 is 10.1 Å². The van der Waals surface area contributed by atoms with E-state index in [1.54, 1.807) is 18.2 Å². The van der Waals surface area contributed by atoms with Gasteiger partial charge in [-0.3, -0.25) is 4.79 Å². The molecule has 0 heterocycles. The number of benzene rings is 2. The minimum absolute atomic E-state index is 0.118. The maximum atomic E-state index is 12.2. The molecule has 0 bridgehead atoms. The molecule has 0 aliphatic heterocycles. The first-order valence-corrected chi connectivity index (χ1v) is 8.11. The average Bonchev–Trinajstić information content (AvgIpc) is 2.48. The molecule has 1 N–H and O–H groups in total. The van der Waals surface area contributed by atoms with Crippen molar-refractivity contribution in [3.05, 3.63) is 57.6 Å². The van der Waals surface area contributed by atoms with Gasteiger partial charge in [0.25, 0.3) is 5.91 Å². The number of nitrogens with one attached hydrogen (secondary N) is 1. The number of carbonyl (C=O) groups is 1. The number of halogens is 2. The fourth-order valence-electron chi connectivity index (χ4n) is 2.25. The van der Waals surface area contributed by atoms with Crippen LogP contribution >= 0.6 is 23.2 Å². The Morgan fingerprint density at radius 3 is 2.61 bits per heavy atom. The molecule has 2 rings (SSSR count). The number of anilines is 1. The minimum atomic E-state index is -0.229. The Morgan fingerprint density at radius 2 is 1.96 bits per heavy atom. The zero-order valence-corrected chi connectivity index (χ0v) is 14.8. The number of para-hydroxylation sites is 1. The molecule has 122 valence electrons. The molecular weight excluding hydrogens is 333 g/mol. The third-order valence-electron chi connectivity index (χ3n) is 3.44. The van der Waals surface area contributed by atoms with Crippen molar-refractivity contribution in [3.8, 4) is 5.75 Å². The summed E-state index contributed by atoms with van der Waals surface area (Å²) in [5.74, 6) is 0.518. The van der Waals surface area contributed by atoms with E-state index in [1.165, 1.54) is 0 Å². The molecule has 3 nitrogen and oxygen atoms in total. The van der Waals surface area contributed by atoms with Gasteiger partial charge in [-0.05, 0) is 42.2 Å². The number of rotatable bonds is 5. The van der Waals surface area contributed by atoms with Crippen LogP contribution in [0.5, 0.6) is 5.75 Å². The maximum absolute atomic E-state index is 12.2. The van der Waals surface area contributed by atoms with Crippen LogP contribution in [0.4, 0.5) is 5.69 Å². The second-order valence-electron chi connectivity index (χ2n) is 5.61. The highest BCUT2D eigenvalue weighted by atomic mass is 35.5. The topological polar surface area (TPSA) is 38.3 Å². The molecule has 2 aromatic carbocycles. The van der Waals surface area contributed by atoms with Crippen LogP contribution in [-0.2, 0) is 4.79 Å². The molecule has 0 radical (unpaired) electrons. The van der Waals surface area contributed by atoms with Crippen molar-refractivity contribution in [2.75, 3.05) is 11.9 Å². The summed E-state index contributed by atoms with van der Waals surface area (Å²) in [5.41, 5.74) is 2.97. The molecule has 5 heteroatoms. The zero-order valence-electron chi connectivity index (χ0n) is 13.3. The quantitative estimate of drug-likeness (QED) is 0.778. The highest BCUT2D eigenvalue weighted by Crippen LogP contribution is 2.29. The van der Waals surface area contributed by atoms with Crippen LogP contribution in [0.3, 0.4) is 0 Å². The van der Waals surface area contributed by atoms with Crippen molar-refractivity contribution >= 4 is 34.8 Å². The van der Waals surface area contributed by atoms with Crippen LogP contribution < -0.4 is 10.1 Å². The SMILES string of the molecule is Cc1cccc(C(C)C)c1NC(=O)COc1ccc(Cl)cc1Cl. The number of amides is 1. The summed E-state index contributed by atoms with van der Waals surface area (Å²) in [6.07, 6.45) is 0. The second kappa shape index (κ2) is 7.71. The summed E-state index contributed by atoms with van der Waals surface area (Å²) in [6, 6.07) is 10.9. The van der Waals surface area contributed by atoms with Crippen LogP contribution in [0, 0.1) is 6.92 Å². The Bertz CT molecular complexity index is 714. The van der Waals surface area contributed by atoms with Crippen molar-refractivity contribution in [1.82, 2.24) is 0 Å². The number of ether oxygens (including phenoxy) is 1. The number of carbonyl (C=O) groups excluding carboxylic acids is 1. The Labute approximate surface area is 146 Å². The van der Waals surface area contributed by atoms with Gasteiger partial charge in [0, 0.05) is 10.7 Å². The molecule has 0 atom stereocenters. The van der Waals surface area contributed by atoms with Crippen molar-refractivity contribution in [1.29, 1.82) is 0 Å². The van der Waals surface area contributed by atoms with Crippen LogP contribution in [0.15, 0.2) is 36.4 Å². The summed E-state index contributed by atoms with van der Waals surface area (Å²) in [7, 11) is 0. The van der Waals surface area contributed by atoms with Gasteiger partial charge in [-0.1, -0.05) is 55.2 Å². The van der Waals surface area contributed by atoms with Crippen LogP contribution in [0.25, 0.3) is 0 Å². The fourth-order valence-corrected chi connectivity index (χ4v) is 2.72. The summed E-state index contributed by atoms with van der Waals surface area (Å²) in [6.45, 7) is 6.04. The molecule has 0 saturated carbocycles. The third kappa shape index (κ3) is 4.63. The summed E-state index contributed by atoms with van der Waals surface area (Å²) < 4.78 is 5.46. The Kier molecular flexibility index (Phi) is 5.91. The Morgan fingerprint density at radius 1 is 1.22 bits per heavy atom. The van der Waals surface area contributed by atoms with Crippen LogP contribution in [0.1, 0.15) is 30.9 Å². The molecule has 0 aliphatic rings. The lowest BCUT2D eigenvalue weighted by Crippen LogP contribution is -2.21. The first kappa shape index (κ1) is 17.6. The van der Waals surface area contributed by atoms with Gasteiger partial charge in [-0.2, -0.15) is 0 Å². The number of hydrogen-bond donors (Lipinski definition) is 1. The van der Waals surface area contributed by atoms with Gasteiger partial charge >= 0.3 is 0 Å². The second-order valence-corrected chi connectivity index (χ2v) is 6.45. The molecule has 0 aromatic heterocycles. The standard InChI is InChI=1S/C18H19Cl2NO2/c1-11(2)14-6-4-5-12(3)18(14)21-17(22)10-23-16-8-7-13(19)9-15(16)20/h4-9,11H,10H2,1-3H3,(H,21,22). The minimum Gasteiger partial charge on any atom is -0.482 e. The van der Waals surface area contributed by atoms with E-state index in [0.717, 1.165) is 16.8 Å². The van der Waals surface area contributed by atoms with Gasteiger partial charge in [0.05, 0.1) is 5.02 Å². The third-order valence-corrected chi connectivity index (χ3v) is 3.97. The largest absolute Gasteiger partial charge is 0.482 e. The van der Waals surface area contributed by atoms with Gasteiger partial charge in [0.2, 0.25) is 0 Å². The lowest BCUT2D eigenvalue weighted by atomic mass is 9.98. The van der Waals surface area contributed by atoms with Crippen LogP contribution in [0.2, 0.25) is 10.0 Å². The van der Waals surface area contributed by atoms with E-state index in [0.29, 0.717) is 21.7 Å². The molecular formula is C18H19Cl2NO2. The molecule has 23 heavy (non-hydrogen) atoms. The van der Waals surface area contributed by atoms with Gasteiger partial charge in [0.15, 0.2) is 6.61 Å². The first-order valence-electron chi connectivity index (χ1n) is 7.35. The first-order chi connectivity index (χ1) is 10.9. The highest BCUT2D eigenvalue weighted by Gasteiger charge is 2.13. The fraction of sp³-hybridized carbons (Fsp3) is 0.278. The van der Waals surface area contributed by atoms with Gasteiger partial charge in [0.1, 0.15) is 5.75 Å². The normalized spacial score (nSPS) is 10.7. The number of aryl methyl sites for hydroxylation is 1. The van der Waals surface area contributed by atoms with E-state index < -0.39 is 0 Å². The average molecular weight is 352 g/mol. The molecule has 0 aliphatic carbocycles. The van der Waals surface area contributed by atoms with Crippen molar-refractivity contribution in [3.63, 3.8) is 0 Å². The highest BCUT2D eigenvalue weighted by molar-refractivity contribution is 6.35. The molecule has 1 amide bonds. The monoisotopic (exact) mass is 351 g/mol. The Hall–Kier alpha value is -1.71. The summed E-state index contributed by atoms with van der Waals surface area (Å²) in [5, 5.41) is 3.83. The maximum Gasteiger partial charge on any atom is 0.262 e. The molecule has 2 aromatic rings. The smallest absolute Gasteiger partial charge is 0.262 e. The molecule has 0 spiro atoms. The summed E-state index contributed by atoms with van der Waals surface area (Å²) >= 11 is 11.9. The van der Waals surface area contributed by atoms with E-state index in [9.17, 15) is 4.79 Å². The molecule has 0 saturated heterocycles. The van der Waals surface area contributed by atoms with Gasteiger partial charge in [-0.15, -0.1) is 0 Å². The van der Waals surface area contributed by atoms with Crippen molar-refractivity contribution in [2.24, 2.45) is 0 Å².